The van der Waals surface area contributed by atoms with Crippen LogP contribution in [-0.2, 0) is 6.42 Å². The van der Waals surface area contributed by atoms with Gasteiger partial charge in [-0.05, 0) is 36.8 Å². The maximum atomic E-state index is 12.7. The Kier molecular flexibility index (Phi) is 3.42. The number of benzene rings is 2. The molecule has 0 saturated heterocycles. The largest absolute Gasteiger partial charge is 0.294 e. The van der Waals surface area contributed by atoms with E-state index in [-0.39, 0.29) is 5.78 Å². The first-order valence-electron chi connectivity index (χ1n) is 8.20. The van der Waals surface area contributed by atoms with Gasteiger partial charge in [0.15, 0.2) is 5.78 Å². The highest BCUT2D eigenvalue weighted by Crippen LogP contribution is 2.45. The Bertz CT molecular complexity index is 740. The van der Waals surface area contributed by atoms with Gasteiger partial charge in [0.25, 0.3) is 0 Å². The lowest BCUT2D eigenvalue weighted by atomic mass is 9.76. The number of allylic oxidation sites excluding steroid dienone is 2. The van der Waals surface area contributed by atoms with Crippen LogP contribution in [0.15, 0.2) is 65.7 Å². The van der Waals surface area contributed by atoms with Gasteiger partial charge in [0.2, 0.25) is 0 Å². The SMILES string of the molecule is O=C(CC1C2=C(CCC2)Cc2ccccc21)c1ccccc1. The first kappa shape index (κ1) is 13.5. The van der Waals surface area contributed by atoms with Crippen molar-refractivity contribution in [3.63, 3.8) is 0 Å². The third-order valence-electron chi connectivity index (χ3n) is 5.12. The van der Waals surface area contributed by atoms with E-state index < -0.39 is 0 Å². The summed E-state index contributed by atoms with van der Waals surface area (Å²) in [6.07, 6.45) is 5.37. The normalized spacial score (nSPS) is 19.7. The summed E-state index contributed by atoms with van der Waals surface area (Å²) in [6.45, 7) is 0. The second-order valence-corrected chi connectivity index (χ2v) is 6.40. The fourth-order valence-electron chi connectivity index (χ4n) is 4.07. The Balaban J connectivity index is 1.69. The lowest BCUT2D eigenvalue weighted by molar-refractivity contribution is 0.0976. The zero-order valence-corrected chi connectivity index (χ0v) is 12.7. The smallest absolute Gasteiger partial charge is 0.163 e. The minimum absolute atomic E-state index is 0.265. The molecular formula is C21H20O. The van der Waals surface area contributed by atoms with Crippen molar-refractivity contribution in [2.75, 3.05) is 0 Å². The predicted octanol–water partition coefficient (Wildman–Crippen LogP) is 5.08. The molecule has 0 aromatic heterocycles. The molecule has 0 N–H and O–H groups in total. The van der Waals surface area contributed by atoms with Crippen LogP contribution in [0.3, 0.4) is 0 Å². The Morgan fingerprint density at radius 3 is 2.59 bits per heavy atom. The molecule has 1 atom stereocenters. The highest BCUT2D eigenvalue weighted by atomic mass is 16.1. The first-order chi connectivity index (χ1) is 10.8. The van der Waals surface area contributed by atoms with Crippen LogP contribution in [0.2, 0.25) is 0 Å². The van der Waals surface area contributed by atoms with Crippen LogP contribution >= 0.6 is 0 Å². The van der Waals surface area contributed by atoms with Crippen molar-refractivity contribution in [3.05, 3.63) is 82.4 Å². The molecule has 4 rings (SSSR count). The quantitative estimate of drug-likeness (QED) is 0.568. The fraction of sp³-hybridized carbons (Fsp3) is 0.286. The minimum atomic E-state index is 0.265. The van der Waals surface area contributed by atoms with E-state index in [9.17, 15) is 4.79 Å². The van der Waals surface area contributed by atoms with E-state index in [0.29, 0.717) is 12.3 Å². The lowest BCUT2D eigenvalue weighted by Gasteiger charge is -2.28. The standard InChI is InChI=1S/C21H20O/c22-21(15-7-2-1-3-8-15)14-20-18-11-5-4-9-16(18)13-17-10-6-12-19(17)20/h1-5,7-9,11,20H,6,10,12-14H2. The van der Waals surface area contributed by atoms with E-state index in [4.69, 9.17) is 0 Å². The van der Waals surface area contributed by atoms with E-state index in [2.05, 4.69) is 24.3 Å². The molecule has 1 heteroatoms. The number of fused-ring (bicyclic) bond motifs is 1. The highest BCUT2D eigenvalue weighted by molar-refractivity contribution is 5.96. The molecule has 2 aliphatic carbocycles. The molecular weight excluding hydrogens is 268 g/mol. The summed E-state index contributed by atoms with van der Waals surface area (Å²) in [5.41, 5.74) is 6.81. The molecule has 0 spiro atoms. The Morgan fingerprint density at radius 1 is 0.955 bits per heavy atom. The highest BCUT2D eigenvalue weighted by Gasteiger charge is 2.31. The number of rotatable bonds is 3. The molecule has 0 amide bonds. The van der Waals surface area contributed by atoms with Crippen molar-refractivity contribution in [2.24, 2.45) is 0 Å². The molecule has 0 bridgehead atoms. The molecule has 0 fully saturated rings. The van der Waals surface area contributed by atoms with Crippen molar-refractivity contribution in [3.8, 4) is 0 Å². The molecule has 2 aliphatic rings. The van der Waals surface area contributed by atoms with Crippen LogP contribution < -0.4 is 0 Å². The van der Waals surface area contributed by atoms with Crippen molar-refractivity contribution in [1.82, 2.24) is 0 Å². The van der Waals surface area contributed by atoms with Gasteiger partial charge in [0, 0.05) is 17.9 Å². The Labute approximate surface area is 131 Å². The average Bonchev–Trinajstić information content (AvgIpc) is 3.03. The zero-order valence-electron chi connectivity index (χ0n) is 12.7. The van der Waals surface area contributed by atoms with E-state index in [1.54, 1.807) is 11.1 Å². The van der Waals surface area contributed by atoms with Gasteiger partial charge in [-0.25, -0.2) is 0 Å². The van der Waals surface area contributed by atoms with Crippen LogP contribution in [0.5, 0.6) is 0 Å². The molecule has 2 aromatic carbocycles. The van der Waals surface area contributed by atoms with Crippen LogP contribution in [0.25, 0.3) is 0 Å². The number of Topliss-reactive ketones (excluding diaryl/α,β-unsaturated/α-hetero) is 1. The Morgan fingerprint density at radius 2 is 1.73 bits per heavy atom. The molecule has 22 heavy (non-hydrogen) atoms. The lowest BCUT2D eigenvalue weighted by Crippen LogP contribution is -2.16. The summed E-state index contributed by atoms with van der Waals surface area (Å²) >= 11 is 0. The summed E-state index contributed by atoms with van der Waals surface area (Å²) in [5, 5.41) is 0. The van der Waals surface area contributed by atoms with Gasteiger partial charge >= 0.3 is 0 Å². The minimum Gasteiger partial charge on any atom is -0.294 e. The number of carbonyl (C=O) groups excluding carboxylic acids is 1. The van der Waals surface area contributed by atoms with Gasteiger partial charge < -0.3 is 0 Å². The van der Waals surface area contributed by atoms with Crippen LogP contribution in [-0.4, -0.2) is 5.78 Å². The van der Waals surface area contributed by atoms with E-state index >= 15 is 0 Å². The molecule has 0 radical (unpaired) electrons. The van der Waals surface area contributed by atoms with Gasteiger partial charge in [-0.2, -0.15) is 0 Å². The molecule has 2 aromatic rings. The molecule has 110 valence electrons. The van der Waals surface area contributed by atoms with Crippen molar-refractivity contribution >= 4 is 5.78 Å². The summed E-state index contributed by atoms with van der Waals surface area (Å²) < 4.78 is 0. The molecule has 0 heterocycles. The van der Waals surface area contributed by atoms with Crippen LogP contribution in [0.1, 0.15) is 53.1 Å². The maximum Gasteiger partial charge on any atom is 0.163 e. The number of hydrogen-bond donors (Lipinski definition) is 0. The van der Waals surface area contributed by atoms with Gasteiger partial charge in [-0.1, -0.05) is 65.7 Å². The third kappa shape index (κ3) is 2.31. The number of hydrogen-bond acceptors (Lipinski definition) is 1. The molecule has 1 unspecified atom stereocenters. The van der Waals surface area contributed by atoms with Crippen molar-refractivity contribution in [2.45, 2.75) is 38.0 Å². The Hall–Kier alpha value is -2.15. The van der Waals surface area contributed by atoms with Crippen molar-refractivity contribution < 1.29 is 4.79 Å². The second kappa shape index (κ2) is 5.57. The molecule has 0 saturated carbocycles. The predicted molar refractivity (Wildman–Crippen MR) is 89.2 cm³/mol. The van der Waals surface area contributed by atoms with E-state index in [1.165, 1.54) is 30.4 Å². The monoisotopic (exact) mass is 288 g/mol. The summed E-state index contributed by atoms with van der Waals surface area (Å²) in [5.74, 6) is 0.566. The second-order valence-electron chi connectivity index (χ2n) is 6.40. The van der Waals surface area contributed by atoms with Gasteiger partial charge in [0.1, 0.15) is 0 Å². The van der Waals surface area contributed by atoms with Crippen LogP contribution in [0, 0.1) is 0 Å². The molecule has 0 aliphatic heterocycles. The maximum absolute atomic E-state index is 12.7. The summed E-state index contributed by atoms with van der Waals surface area (Å²) in [4.78, 5) is 12.7. The van der Waals surface area contributed by atoms with E-state index in [0.717, 1.165) is 12.0 Å². The van der Waals surface area contributed by atoms with Gasteiger partial charge in [0.05, 0.1) is 0 Å². The molecule has 1 nitrogen and oxygen atoms in total. The third-order valence-corrected chi connectivity index (χ3v) is 5.12. The summed E-state index contributed by atoms with van der Waals surface area (Å²) in [7, 11) is 0. The summed E-state index contributed by atoms with van der Waals surface area (Å²) in [6, 6.07) is 18.4. The van der Waals surface area contributed by atoms with Crippen molar-refractivity contribution in [1.29, 1.82) is 0 Å². The topological polar surface area (TPSA) is 17.1 Å². The number of ketones is 1. The van der Waals surface area contributed by atoms with E-state index in [1.807, 2.05) is 30.3 Å². The number of carbonyl (C=O) groups is 1. The van der Waals surface area contributed by atoms with Gasteiger partial charge in [-0.3, -0.25) is 4.79 Å². The van der Waals surface area contributed by atoms with Gasteiger partial charge in [-0.15, -0.1) is 0 Å². The fourth-order valence-corrected chi connectivity index (χ4v) is 4.07. The zero-order chi connectivity index (χ0) is 14.9. The van der Waals surface area contributed by atoms with Crippen LogP contribution in [0.4, 0.5) is 0 Å². The first-order valence-corrected chi connectivity index (χ1v) is 8.20. The average molecular weight is 288 g/mol.